The molecule has 16 heavy (non-hydrogen) atoms. The molecule has 0 saturated carbocycles. The number of nitrogens with zero attached hydrogens (tertiary/aromatic N) is 1. The molecule has 0 radical (unpaired) electrons. The van der Waals surface area contributed by atoms with Gasteiger partial charge in [-0.25, -0.2) is 10.2 Å². The molecular weight excluding hydrogens is 206 g/mol. The number of rotatable bonds is 3. The zero-order valence-corrected chi connectivity index (χ0v) is 10.7. The molecule has 0 aromatic heterocycles. The average Bonchev–Trinajstić information content (AvgIpc) is 2.59. The highest BCUT2D eigenvalue weighted by molar-refractivity contribution is 5.67. The summed E-state index contributed by atoms with van der Waals surface area (Å²) in [5.41, 5.74) is 5.14. The van der Waals surface area contributed by atoms with E-state index in [0.717, 1.165) is 26.1 Å². The van der Waals surface area contributed by atoms with Crippen LogP contribution in [0.1, 0.15) is 34.1 Å². The van der Waals surface area contributed by atoms with Crippen LogP contribution in [0.15, 0.2) is 0 Å². The highest BCUT2D eigenvalue weighted by atomic mass is 16.6. The van der Waals surface area contributed by atoms with Crippen molar-refractivity contribution in [2.75, 3.05) is 19.6 Å². The lowest BCUT2D eigenvalue weighted by Gasteiger charge is -2.21. The number of carbonyl (C=O) groups is 1. The molecule has 2 N–H and O–H groups in total. The summed E-state index contributed by atoms with van der Waals surface area (Å²) >= 11 is 0. The summed E-state index contributed by atoms with van der Waals surface area (Å²) in [6, 6.07) is 0.326. The molecular formula is C11H23N3O2. The zero-order chi connectivity index (χ0) is 12.2. The van der Waals surface area contributed by atoms with E-state index in [0.29, 0.717) is 6.04 Å². The van der Waals surface area contributed by atoms with E-state index in [9.17, 15) is 4.79 Å². The summed E-state index contributed by atoms with van der Waals surface area (Å²) in [6.45, 7) is 10.8. The summed E-state index contributed by atoms with van der Waals surface area (Å²) in [6.07, 6.45) is 0.645. The minimum atomic E-state index is -0.448. The molecule has 1 saturated heterocycles. The molecule has 0 bridgehead atoms. The Morgan fingerprint density at radius 3 is 2.69 bits per heavy atom. The van der Waals surface area contributed by atoms with Crippen LogP contribution in [0.2, 0.25) is 0 Å². The fraction of sp³-hybridized carbons (Fsp3) is 0.909. The molecule has 0 aliphatic carbocycles. The maximum absolute atomic E-state index is 11.4. The van der Waals surface area contributed by atoms with Gasteiger partial charge in [0, 0.05) is 12.6 Å². The quantitative estimate of drug-likeness (QED) is 0.712. The van der Waals surface area contributed by atoms with E-state index in [2.05, 4.69) is 22.7 Å². The summed E-state index contributed by atoms with van der Waals surface area (Å²) in [5, 5.41) is 0. The first-order chi connectivity index (χ1) is 7.40. The molecule has 1 rings (SSSR count). The lowest BCUT2D eigenvalue weighted by molar-refractivity contribution is 0.0488. The van der Waals surface area contributed by atoms with Crippen molar-refractivity contribution >= 4 is 6.09 Å². The van der Waals surface area contributed by atoms with E-state index in [1.807, 2.05) is 20.8 Å². The van der Waals surface area contributed by atoms with Crippen molar-refractivity contribution in [2.24, 2.45) is 0 Å². The second-order valence-electron chi connectivity index (χ2n) is 5.15. The monoisotopic (exact) mass is 229 g/mol. The van der Waals surface area contributed by atoms with E-state index in [1.54, 1.807) is 0 Å². The Hall–Kier alpha value is -0.810. The highest BCUT2D eigenvalue weighted by Gasteiger charge is 2.22. The molecule has 1 aliphatic heterocycles. The third-order valence-electron chi connectivity index (χ3n) is 2.50. The molecule has 0 aromatic rings. The van der Waals surface area contributed by atoms with Crippen LogP contribution < -0.4 is 10.9 Å². The van der Waals surface area contributed by atoms with Gasteiger partial charge in [-0.1, -0.05) is 6.92 Å². The summed E-state index contributed by atoms with van der Waals surface area (Å²) in [4.78, 5) is 13.7. The maximum atomic E-state index is 11.4. The number of likely N-dealkylation sites (N-methyl/N-ethyl adjacent to an activating group) is 1. The van der Waals surface area contributed by atoms with Crippen LogP contribution in [-0.4, -0.2) is 42.3 Å². The van der Waals surface area contributed by atoms with Gasteiger partial charge in [0.2, 0.25) is 0 Å². The number of hydrogen-bond acceptors (Lipinski definition) is 4. The van der Waals surface area contributed by atoms with Crippen molar-refractivity contribution in [1.29, 1.82) is 0 Å². The Morgan fingerprint density at radius 2 is 2.19 bits per heavy atom. The molecule has 5 nitrogen and oxygen atoms in total. The minimum Gasteiger partial charge on any atom is -0.443 e. The Labute approximate surface area is 97.5 Å². The normalized spacial score (nSPS) is 22.1. The molecule has 1 unspecified atom stereocenters. The van der Waals surface area contributed by atoms with Crippen LogP contribution in [0.5, 0.6) is 0 Å². The average molecular weight is 229 g/mol. The molecule has 1 heterocycles. The van der Waals surface area contributed by atoms with Crippen LogP contribution in [0.25, 0.3) is 0 Å². The second-order valence-corrected chi connectivity index (χ2v) is 5.15. The van der Waals surface area contributed by atoms with Gasteiger partial charge in [-0.2, -0.15) is 0 Å². The van der Waals surface area contributed by atoms with E-state index >= 15 is 0 Å². The number of amides is 1. The summed E-state index contributed by atoms with van der Waals surface area (Å²) in [5.74, 6) is 0. The standard InChI is InChI=1S/C11H23N3O2/c1-5-14-7-6-9(8-14)12-13-10(15)16-11(2,3)4/h9,12H,5-8H2,1-4H3,(H,13,15). The molecule has 94 valence electrons. The van der Waals surface area contributed by atoms with Gasteiger partial charge in [-0.15, -0.1) is 0 Å². The van der Waals surface area contributed by atoms with Crippen LogP contribution >= 0.6 is 0 Å². The molecule has 1 atom stereocenters. The van der Waals surface area contributed by atoms with Crippen molar-refractivity contribution in [2.45, 2.75) is 45.8 Å². The third-order valence-corrected chi connectivity index (χ3v) is 2.50. The molecule has 0 spiro atoms. The largest absolute Gasteiger partial charge is 0.443 e. The van der Waals surface area contributed by atoms with Crippen LogP contribution in [0, 0.1) is 0 Å². The number of hydrogen-bond donors (Lipinski definition) is 2. The van der Waals surface area contributed by atoms with Gasteiger partial charge >= 0.3 is 6.09 Å². The van der Waals surface area contributed by atoms with Gasteiger partial charge < -0.3 is 9.64 Å². The minimum absolute atomic E-state index is 0.326. The van der Waals surface area contributed by atoms with Crippen LogP contribution in [-0.2, 0) is 4.74 Å². The van der Waals surface area contributed by atoms with Crippen molar-refractivity contribution in [3.05, 3.63) is 0 Å². The molecule has 1 amide bonds. The van der Waals surface area contributed by atoms with E-state index in [1.165, 1.54) is 0 Å². The Morgan fingerprint density at radius 1 is 1.50 bits per heavy atom. The fourth-order valence-electron chi connectivity index (χ4n) is 1.70. The lowest BCUT2D eigenvalue weighted by Crippen LogP contribution is -2.47. The van der Waals surface area contributed by atoms with E-state index in [-0.39, 0.29) is 0 Å². The number of nitrogens with one attached hydrogen (secondary N) is 2. The lowest BCUT2D eigenvalue weighted by atomic mass is 10.2. The maximum Gasteiger partial charge on any atom is 0.422 e. The van der Waals surface area contributed by atoms with Crippen molar-refractivity contribution in [3.8, 4) is 0 Å². The number of ether oxygens (including phenoxy) is 1. The van der Waals surface area contributed by atoms with Gasteiger partial charge in [0.1, 0.15) is 5.60 Å². The Bertz CT molecular complexity index is 238. The third kappa shape index (κ3) is 4.81. The first-order valence-electron chi connectivity index (χ1n) is 5.87. The SMILES string of the molecule is CCN1CCC(NNC(=O)OC(C)(C)C)C1. The fourth-order valence-corrected chi connectivity index (χ4v) is 1.70. The topological polar surface area (TPSA) is 53.6 Å². The predicted octanol–water partition coefficient (Wildman–Crippen LogP) is 1.11. The van der Waals surface area contributed by atoms with Gasteiger partial charge in [0.05, 0.1) is 0 Å². The Kier molecular flexibility index (Phi) is 4.56. The summed E-state index contributed by atoms with van der Waals surface area (Å²) < 4.78 is 5.12. The van der Waals surface area contributed by atoms with Crippen molar-refractivity contribution in [3.63, 3.8) is 0 Å². The van der Waals surface area contributed by atoms with Crippen molar-refractivity contribution < 1.29 is 9.53 Å². The van der Waals surface area contributed by atoms with E-state index < -0.39 is 11.7 Å². The molecule has 0 aromatic carbocycles. The van der Waals surface area contributed by atoms with Gasteiger partial charge in [-0.3, -0.25) is 5.43 Å². The molecule has 1 aliphatic rings. The van der Waals surface area contributed by atoms with Crippen molar-refractivity contribution in [1.82, 2.24) is 15.8 Å². The predicted molar refractivity (Wildman–Crippen MR) is 63.0 cm³/mol. The summed E-state index contributed by atoms with van der Waals surface area (Å²) in [7, 11) is 0. The number of likely N-dealkylation sites (tertiary alicyclic amines) is 1. The Balaban J connectivity index is 2.18. The highest BCUT2D eigenvalue weighted by Crippen LogP contribution is 2.08. The van der Waals surface area contributed by atoms with Gasteiger partial charge in [0.15, 0.2) is 0 Å². The number of hydrazine groups is 1. The smallest absolute Gasteiger partial charge is 0.422 e. The molecule has 5 heteroatoms. The van der Waals surface area contributed by atoms with Gasteiger partial charge in [-0.05, 0) is 40.3 Å². The van der Waals surface area contributed by atoms with Crippen LogP contribution in [0.4, 0.5) is 4.79 Å². The molecule has 1 fully saturated rings. The van der Waals surface area contributed by atoms with Crippen LogP contribution in [0.3, 0.4) is 0 Å². The van der Waals surface area contributed by atoms with Gasteiger partial charge in [0.25, 0.3) is 0 Å². The zero-order valence-electron chi connectivity index (χ0n) is 10.7. The first-order valence-corrected chi connectivity index (χ1v) is 5.87. The first kappa shape index (κ1) is 13.3. The van der Waals surface area contributed by atoms with E-state index in [4.69, 9.17) is 4.74 Å². The second kappa shape index (κ2) is 5.50. The number of carbonyl (C=O) groups excluding carboxylic acids is 1.